The van der Waals surface area contributed by atoms with Crippen LogP contribution in [0.25, 0.3) is 0 Å². The first-order valence-electron chi connectivity index (χ1n) is 7.38. The first kappa shape index (κ1) is 13.7. The van der Waals surface area contributed by atoms with E-state index in [9.17, 15) is 0 Å². The Morgan fingerprint density at radius 2 is 2.30 bits per heavy atom. The fourth-order valence-electron chi connectivity index (χ4n) is 2.87. The number of rotatable bonds is 6. The molecule has 0 amide bonds. The molecule has 2 nitrogen and oxygen atoms in total. The van der Waals surface area contributed by atoms with Crippen molar-refractivity contribution in [3.8, 4) is 5.75 Å². The number of hydrogen-bond acceptors (Lipinski definition) is 3. The maximum absolute atomic E-state index is 5.89. The summed E-state index contributed by atoms with van der Waals surface area (Å²) in [7, 11) is 0. The molecule has 0 saturated heterocycles. The van der Waals surface area contributed by atoms with E-state index < -0.39 is 0 Å². The van der Waals surface area contributed by atoms with Crippen LogP contribution in [-0.2, 0) is 12.8 Å². The lowest BCUT2D eigenvalue weighted by Gasteiger charge is -2.13. The number of nitrogens with one attached hydrogen (secondary N) is 1. The van der Waals surface area contributed by atoms with Gasteiger partial charge in [-0.25, -0.2) is 0 Å². The maximum Gasteiger partial charge on any atom is 0.119 e. The minimum Gasteiger partial charge on any atom is -0.493 e. The molecule has 1 aromatic carbocycles. The van der Waals surface area contributed by atoms with Crippen molar-refractivity contribution in [3.05, 3.63) is 51.7 Å². The standard InChI is InChI=1S/C17H21NOS/c1-2-18-17-8-5-13-12-14(6-7-16(13)17)19-10-9-15-4-3-11-20-15/h3-4,6-7,11-12,17-18H,2,5,8-10H2,1H3. The molecule has 0 spiro atoms. The molecule has 1 heterocycles. The molecule has 3 rings (SSSR count). The van der Waals surface area contributed by atoms with Crippen LogP contribution in [0, 0.1) is 0 Å². The van der Waals surface area contributed by atoms with Crippen molar-refractivity contribution in [1.29, 1.82) is 0 Å². The van der Waals surface area contributed by atoms with Crippen LogP contribution in [0.2, 0.25) is 0 Å². The van der Waals surface area contributed by atoms with E-state index >= 15 is 0 Å². The van der Waals surface area contributed by atoms with Crippen molar-refractivity contribution in [2.24, 2.45) is 0 Å². The van der Waals surface area contributed by atoms with Gasteiger partial charge in [0.2, 0.25) is 0 Å². The normalized spacial score (nSPS) is 17.1. The van der Waals surface area contributed by atoms with E-state index in [1.165, 1.54) is 22.4 Å². The summed E-state index contributed by atoms with van der Waals surface area (Å²) in [6.07, 6.45) is 3.37. The van der Waals surface area contributed by atoms with Crippen LogP contribution in [0.5, 0.6) is 5.75 Å². The van der Waals surface area contributed by atoms with Gasteiger partial charge in [-0.1, -0.05) is 19.1 Å². The van der Waals surface area contributed by atoms with Gasteiger partial charge >= 0.3 is 0 Å². The van der Waals surface area contributed by atoms with Gasteiger partial charge in [-0.15, -0.1) is 11.3 Å². The van der Waals surface area contributed by atoms with Crippen LogP contribution in [0.1, 0.15) is 35.4 Å². The lowest BCUT2D eigenvalue weighted by Crippen LogP contribution is -2.18. The highest BCUT2D eigenvalue weighted by molar-refractivity contribution is 7.09. The first-order chi connectivity index (χ1) is 9.86. The average Bonchev–Trinajstić information content (AvgIpc) is 3.09. The van der Waals surface area contributed by atoms with Crippen LogP contribution < -0.4 is 10.1 Å². The van der Waals surface area contributed by atoms with Crippen molar-refractivity contribution in [2.75, 3.05) is 13.2 Å². The molecule has 0 saturated carbocycles. The van der Waals surface area contributed by atoms with Gasteiger partial charge in [0, 0.05) is 17.3 Å². The Hall–Kier alpha value is -1.32. The molecule has 0 bridgehead atoms. The summed E-state index contributed by atoms with van der Waals surface area (Å²) in [4.78, 5) is 1.39. The van der Waals surface area contributed by atoms with Crippen LogP contribution in [0.15, 0.2) is 35.7 Å². The summed E-state index contributed by atoms with van der Waals surface area (Å²) >= 11 is 1.80. The van der Waals surface area contributed by atoms with Crippen molar-refractivity contribution in [3.63, 3.8) is 0 Å². The maximum atomic E-state index is 5.89. The molecular weight excluding hydrogens is 266 g/mol. The Balaban J connectivity index is 1.59. The highest BCUT2D eigenvalue weighted by Gasteiger charge is 2.21. The summed E-state index contributed by atoms with van der Waals surface area (Å²) < 4.78 is 5.89. The minimum absolute atomic E-state index is 0.537. The van der Waals surface area contributed by atoms with E-state index in [2.05, 4.69) is 48.0 Å². The van der Waals surface area contributed by atoms with Crippen LogP contribution in [0.4, 0.5) is 0 Å². The zero-order chi connectivity index (χ0) is 13.8. The Bertz CT molecular complexity index is 550. The SMILES string of the molecule is CCNC1CCc2cc(OCCc3cccs3)ccc21. The average molecular weight is 287 g/mol. The number of ether oxygens (including phenoxy) is 1. The third-order valence-corrected chi connectivity index (χ3v) is 4.78. The Morgan fingerprint density at radius 1 is 1.35 bits per heavy atom. The molecule has 20 heavy (non-hydrogen) atoms. The third-order valence-electron chi connectivity index (χ3n) is 3.84. The predicted molar refractivity (Wildman–Crippen MR) is 84.7 cm³/mol. The largest absolute Gasteiger partial charge is 0.493 e. The highest BCUT2D eigenvalue weighted by atomic mass is 32.1. The number of benzene rings is 1. The molecule has 1 aromatic heterocycles. The van der Waals surface area contributed by atoms with Crippen molar-refractivity contribution < 1.29 is 4.74 Å². The van der Waals surface area contributed by atoms with Gasteiger partial charge in [0.15, 0.2) is 0 Å². The summed E-state index contributed by atoms with van der Waals surface area (Å²) in [6, 6.07) is 11.4. The molecular formula is C17H21NOS. The lowest BCUT2D eigenvalue weighted by atomic mass is 10.1. The molecule has 1 aliphatic rings. The molecule has 106 valence electrons. The molecule has 0 fully saturated rings. The van der Waals surface area contributed by atoms with Gasteiger partial charge in [-0.05, 0) is 54.1 Å². The Kier molecular flexibility index (Phi) is 4.38. The first-order valence-corrected chi connectivity index (χ1v) is 8.26. The van der Waals surface area contributed by atoms with E-state index in [0.29, 0.717) is 6.04 Å². The molecule has 0 aliphatic heterocycles. The number of hydrogen-bond donors (Lipinski definition) is 1. The van der Waals surface area contributed by atoms with Crippen LogP contribution in [0.3, 0.4) is 0 Å². The molecule has 3 heteroatoms. The summed E-state index contributed by atoms with van der Waals surface area (Å²) in [5.41, 5.74) is 2.90. The monoisotopic (exact) mass is 287 g/mol. The van der Waals surface area contributed by atoms with Crippen molar-refractivity contribution in [1.82, 2.24) is 5.32 Å². The van der Waals surface area contributed by atoms with E-state index in [1.54, 1.807) is 11.3 Å². The van der Waals surface area contributed by atoms with Crippen molar-refractivity contribution >= 4 is 11.3 Å². The molecule has 1 aliphatic carbocycles. The molecule has 0 radical (unpaired) electrons. The van der Waals surface area contributed by atoms with E-state index in [1.807, 2.05) is 0 Å². The van der Waals surface area contributed by atoms with Crippen LogP contribution in [-0.4, -0.2) is 13.2 Å². The zero-order valence-corrected chi connectivity index (χ0v) is 12.7. The number of fused-ring (bicyclic) bond motifs is 1. The van der Waals surface area contributed by atoms with E-state index in [-0.39, 0.29) is 0 Å². The molecule has 1 atom stereocenters. The quantitative estimate of drug-likeness (QED) is 0.868. The Morgan fingerprint density at radius 3 is 3.10 bits per heavy atom. The second-order valence-corrected chi connectivity index (χ2v) is 6.22. The predicted octanol–water partition coefficient (Wildman–Crippen LogP) is 3.97. The van der Waals surface area contributed by atoms with Crippen molar-refractivity contribution in [2.45, 2.75) is 32.2 Å². The smallest absolute Gasteiger partial charge is 0.119 e. The second-order valence-electron chi connectivity index (χ2n) is 5.19. The van der Waals surface area contributed by atoms with Gasteiger partial charge in [-0.3, -0.25) is 0 Å². The highest BCUT2D eigenvalue weighted by Crippen LogP contribution is 2.33. The topological polar surface area (TPSA) is 21.3 Å². The number of thiophene rings is 1. The fourth-order valence-corrected chi connectivity index (χ4v) is 3.56. The summed E-state index contributed by atoms with van der Waals surface area (Å²) in [5, 5.41) is 5.66. The summed E-state index contributed by atoms with van der Waals surface area (Å²) in [5.74, 6) is 1.01. The fraction of sp³-hybridized carbons (Fsp3) is 0.412. The van der Waals surface area contributed by atoms with Gasteiger partial charge in [0.25, 0.3) is 0 Å². The Labute approximate surface area is 124 Å². The third kappa shape index (κ3) is 3.05. The van der Waals surface area contributed by atoms with E-state index in [0.717, 1.165) is 31.7 Å². The van der Waals surface area contributed by atoms with Gasteiger partial charge in [0.1, 0.15) is 5.75 Å². The summed E-state index contributed by atoms with van der Waals surface area (Å²) in [6.45, 7) is 3.96. The minimum atomic E-state index is 0.537. The molecule has 1 N–H and O–H groups in total. The second kappa shape index (κ2) is 6.42. The molecule has 2 aromatic rings. The zero-order valence-electron chi connectivity index (χ0n) is 11.9. The van der Waals surface area contributed by atoms with Gasteiger partial charge in [0.05, 0.1) is 6.61 Å². The van der Waals surface area contributed by atoms with Gasteiger partial charge in [-0.2, -0.15) is 0 Å². The lowest BCUT2D eigenvalue weighted by molar-refractivity contribution is 0.322. The number of aryl methyl sites for hydroxylation is 1. The van der Waals surface area contributed by atoms with Gasteiger partial charge < -0.3 is 10.1 Å². The van der Waals surface area contributed by atoms with E-state index in [4.69, 9.17) is 4.74 Å². The molecule has 1 unspecified atom stereocenters. The van der Waals surface area contributed by atoms with Crippen LogP contribution >= 0.6 is 11.3 Å².